The van der Waals surface area contributed by atoms with Crippen LogP contribution in [-0.4, -0.2) is 26.4 Å². The van der Waals surface area contributed by atoms with Crippen LogP contribution < -0.4 is 5.56 Å². The molecular formula is C16H19FN4O. The van der Waals surface area contributed by atoms with Gasteiger partial charge >= 0.3 is 0 Å². The average Bonchev–Trinajstić information content (AvgIpc) is 2.51. The van der Waals surface area contributed by atoms with E-state index in [1.54, 1.807) is 12.3 Å². The zero-order valence-electron chi connectivity index (χ0n) is 12.6. The van der Waals surface area contributed by atoms with Gasteiger partial charge in [-0.2, -0.15) is 0 Å². The van der Waals surface area contributed by atoms with Crippen LogP contribution in [0.2, 0.25) is 0 Å². The number of H-pyrrole nitrogens is 1. The van der Waals surface area contributed by atoms with Gasteiger partial charge in [0, 0.05) is 44.2 Å². The van der Waals surface area contributed by atoms with E-state index in [9.17, 15) is 9.18 Å². The largest absolute Gasteiger partial charge is 0.310 e. The van der Waals surface area contributed by atoms with Crippen LogP contribution in [0.4, 0.5) is 4.39 Å². The van der Waals surface area contributed by atoms with Crippen LogP contribution in [0.3, 0.4) is 0 Å². The van der Waals surface area contributed by atoms with Gasteiger partial charge in [0.15, 0.2) is 0 Å². The minimum atomic E-state index is -0.307. The van der Waals surface area contributed by atoms with Gasteiger partial charge < -0.3 is 4.98 Å². The van der Waals surface area contributed by atoms with Crippen LogP contribution >= 0.6 is 0 Å². The topological polar surface area (TPSA) is 61.9 Å². The summed E-state index contributed by atoms with van der Waals surface area (Å²) in [6, 6.07) is 1.68. The second-order valence-corrected chi connectivity index (χ2v) is 5.62. The molecule has 0 amide bonds. The molecule has 5 nitrogen and oxygen atoms in total. The van der Waals surface area contributed by atoms with Crippen molar-refractivity contribution < 1.29 is 4.39 Å². The number of fused-ring (bicyclic) bond motifs is 1. The normalized spacial score (nSPS) is 14.8. The molecule has 0 unspecified atom stereocenters. The van der Waals surface area contributed by atoms with Crippen molar-refractivity contribution in [3.05, 3.63) is 57.3 Å². The number of hydrogen-bond acceptors (Lipinski definition) is 4. The van der Waals surface area contributed by atoms with Crippen LogP contribution in [0, 0.1) is 5.82 Å². The summed E-state index contributed by atoms with van der Waals surface area (Å²) in [4.78, 5) is 25.5. The number of rotatable bonds is 4. The Morgan fingerprint density at radius 3 is 3.09 bits per heavy atom. The molecule has 0 aliphatic carbocycles. The molecule has 1 N–H and O–H groups in total. The lowest BCUT2D eigenvalue weighted by Crippen LogP contribution is -2.36. The number of aromatic amines is 1. The molecule has 0 atom stereocenters. The van der Waals surface area contributed by atoms with Crippen molar-refractivity contribution in [1.29, 1.82) is 0 Å². The molecule has 2 aromatic heterocycles. The van der Waals surface area contributed by atoms with Crippen LogP contribution in [0.15, 0.2) is 23.3 Å². The summed E-state index contributed by atoms with van der Waals surface area (Å²) in [6.07, 6.45) is 5.27. The van der Waals surface area contributed by atoms with E-state index in [-0.39, 0.29) is 11.4 Å². The number of pyridine rings is 1. The molecule has 3 rings (SSSR count). The van der Waals surface area contributed by atoms with E-state index >= 15 is 0 Å². The minimum absolute atomic E-state index is 0.0617. The number of nitrogens with one attached hydrogen (secondary N) is 1. The van der Waals surface area contributed by atoms with Gasteiger partial charge in [0.05, 0.1) is 17.5 Å². The predicted octanol–water partition coefficient (Wildman–Crippen LogP) is 1.81. The molecule has 2 aromatic rings. The molecule has 0 saturated carbocycles. The summed E-state index contributed by atoms with van der Waals surface area (Å²) in [6.45, 7) is 3.82. The third-order valence-corrected chi connectivity index (χ3v) is 3.93. The van der Waals surface area contributed by atoms with Crippen LogP contribution in [0.5, 0.6) is 0 Å². The first kappa shape index (κ1) is 14.8. The Labute approximate surface area is 128 Å². The van der Waals surface area contributed by atoms with Gasteiger partial charge in [0.25, 0.3) is 5.56 Å². The molecule has 116 valence electrons. The number of halogens is 1. The monoisotopic (exact) mass is 302 g/mol. The molecule has 22 heavy (non-hydrogen) atoms. The summed E-state index contributed by atoms with van der Waals surface area (Å²) < 4.78 is 13.7. The summed E-state index contributed by atoms with van der Waals surface area (Å²) in [5.41, 5.74) is 2.14. The maximum atomic E-state index is 13.7. The highest BCUT2D eigenvalue weighted by Crippen LogP contribution is 2.17. The third-order valence-electron chi connectivity index (χ3n) is 3.93. The smallest absolute Gasteiger partial charge is 0.255 e. The first-order chi connectivity index (χ1) is 10.7. The van der Waals surface area contributed by atoms with Crippen molar-refractivity contribution in [2.75, 3.05) is 6.54 Å². The Kier molecular flexibility index (Phi) is 4.29. The van der Waals surface area contributed by atoms with Crippen molar-refractivity contribution >= 4 is 0 Å². The van der Waals surface area contributed by atoms with Crippen molar-refractivity contribution in [3.63, 3.8) is 0 Å². The number of hydrogen-bond donors (Lipinski definition) is 1. The number of nitrogens with zero attached hydrogens (tertiary/aromatic N) is 3. The van der Waals surface area contributed by atoms with Crippen molar-refractivity contribution in [3.8, 4) is 0 Å². The molecular weight excluding hydrogens is 283 g/mol. The molecule has 0 spiro atoms. The number of aromatic nitrogens is 3. The van der Waals surface area contributed by atoms with Gasteiger partial charge in [-0.15, -0.1) is 0 Å². The summed E-state index contributed by atoms with van der Waals surface area (Å²) in [7, 11) is 0. The van der Waals surface area contributed by atoms with E-state index < -0.39 is 0 Å². The molecule has 0 bridgehead atoms. The van der Waals surface area contributed by atoms with E-state index in [0.29, 0.717) is 24.2 Å². The third kappa shape index (κ3) is 3.06. The lowest BCUT2D eigenvalue weighted by atomic mass is 10.1. The van der Waals surface area contributed by atoms with Crippen LogP contribution in [-0.2, 0) is 25.9 Å². The second-order valence-electron chi connectivity index (χ2n) is 5.62. The van der Waals surface area contributed by atoms with Gasteiger partial charge in [-0.25, -0.2) is 9.37 Å². The highest BCUT2D eigenvalue weighted by atomic mass is 19.1. The average molecular weight is 302 g/mol. The Hall–Kier alpha value is -2.08. The Morgan fingerprint density at radius 2 is 2.32 bits per heavy atom. The molecule has 1 aliphatic rings. The lowest BCUT2D eigenvalue weighted by Gasteiger charge is -2.27. The highest BCUT2D eigenvalue weighted by Gasteiger charge is 2.21. The fraction of sp³-hybridized carbons (Fsp3) is 0.438. The first-order valence-corrected chi connectivity index (χ1v) is 7.59. The van der Waals surface area contributed by atoms with Crippen molar-refractivity contribution in [2.45, 2.75) is 39.3 Å². The van der Waals surface area contributed by atoms with Crippen LogP contribution in [0.25, 0.3) is 0 Å². The molecule has 0 fully saturated rings. The van der Waals surface area contributed by atoms with Gasteiger partial charge in [0.1, 0.15) is 11.6 Å². The first-order valence-electron chi connectivity index (χ1n) is 7.59. The molecule has 0 aromatic carbocycles. The van der Waals surface area contributed by atoms with E-state index in [4.69, 9.17) is 0 Å². The minimum Gasteiger partial charge on any atom is -0.310 e. The van der Waals surface area contributed by atoms with Gasteiger partial charge in [0.2, 0.25) is 0 Å². The predicted molar refractivity (Wildman–Crippen MR) is 80.9 cm³/mol. The SMILES string of the molecule is CCCc1nc2c(c(=O)[nH]1)CN(Cc1ccncc1F)CC2. The van der Waals surface area contributed by atoms with E-state index in [0.717, 1.165) is 37.3 Å². The van der Waals surface area contributed by atoms with Crippen LogP contribution in [0.1, 0.15) is 36.0 Å². The molecule has 0 saturated heterocycles. The van der Waals surface area contributed by atoms with Gasteiger partial charge in [-0.3, -0.25) is 14.7 Å². The van der Waals surface area contributed by atoms with Crippen molar-refractivity contribution in [2.24, 2.45) is 0 Å². The zero-order valence-corrected chi connectivity index (χ0v) is 12.6. The second kappa shape index (κ2) is 6.36. The maximum Gasteiger partial charge on any atom is 0.255 e. The van der Waals surface area contributed by atoms with Gasteiger partial charge in [-0.1, -0.05) is 6.92 Å². The zero-order chi connectivity index (χ0) is 15.5. The molecule has 3 heterocycles. The Morgan fingerprint density at radius 1 is 1.45 bits per heavy atom. The standard InChI is InChI=1S/C16H19FN4O/c1-2-3-15-19-14-5-7-21(10-12(14)16(22)20-15)9-11-4-6-18-8-13(11)17/h4,6,8H,2-3,5,7,9-10H2,1H3,(H,19,20,22). The molecule has 6 heteroatoms. The highest BCUT2D eigenvalue weighted by molar-refractivity contribution is 5.22. The van der Waals surface area contributed by atoms with Crippen molar-refractivity contribution in [1.82, 2.24) is 19.9 Å². The fourth-order valence-electron chi connectivity index (χ4n) is 2.80. The van der Waals surface area contributed by atoms with Gasteiger partial charge in [-0.05, 0) is 12.5 Å². The van der Waals surface area contributed by atoms with E-state index in [1.807, 2.05) is 0 Å². The molecule has 0 radical (unpaired) electrons. The van der Waals surface area contributed by atoms with E-state index in [2.05, 4.69) is 26.8 Å². The van der Waals surface area contributed by atoms with E-state index in [1.165, 1.54) is 6.20 Å². The fourth-order valence-corrected chi connectivity index (χ4v) is 2.80. The summed E-state index contributed by atoms with van der Waals surface area (Å²) in [5.74, 6) is 0.457. The lowest BCUT2D eigenvalue weighted by molar-refractivity contribution is 0.238. The summed E-state index contributed by atoms with van der Waals surface area (Å²) >= 11 is 0. The quantitative estimate of drug-likeness (QED) is 0.936. The maximum absolute atomic E-state index is 13.7. The number of aryl methyl sites for hydroxylation is 1. The summed E-state index contributed by atoms with van der Waals surface area (Å²) in [5, 5.41) is 0. The Bertz CT molecular complexity index is 728. The molecule has 1 aliphatic heterocycles. The Balaban J connectivity index is 1.79.